The van der Waals surface area contributed by atoms with E-state index in [2.05, 4.69) is 107 Å². The summed E-state index contributed by atoms with van der Waals surface area (Å²) < 4.78 is 19.4. The lowest BCUT2D eigenvalue weighted by molar-refractivity contribution is 0.277. The number of fused-ring (bicyclic) bond motifs is 2. The maximum atomic E-state index is 6.71. The lowest BCUT2D eigenvalue weighted by Gasteiger charge is -2.32. The predicted octanol–water partition coefficient (Wildman–Crippen LogP) is 9.44. The Balaban J connectivity index is 2.36. The third-order valence-corrected chi connectivity index (χ3v) is 8.04. The Kier molecular flexibility index (Phi) is 7.51. The quantitative estimate of drug-likeness (QED) is 0.386. The summed E-state index contributed by atoms with van der Waals surface area (Å²) in [6.45, 7) is 29.8. The summed E-state index contributed by atoms with van der Waals surface area (Å²) in [6, 6.07) is 9.30. The van der Waals surface area contributed by atoms with Crippen molar-refractivity contribution in [3.05, 3.63) is 57.6 Å². The Morgan fingerprint density at radius 2 is 1.34 bits per heavy atom. The lowest BCUT2D eigenvalue weighted by atomic mass is 9.73. The van der Waals surface area contributed by atoms with Crippen molar-refractivity contribution < 1.29 is 13.6 Å². The fourth-order valence-electron chi connectivity index (χ4n) is 4.65. The molecule has 1 unspecified atom stereocenters. The summed E-state index contributed by atoms with van der Waals surface area (Å²) in [5.74, 6) is 1.84. The molecule has 1 heterocycles. The molecule has 0 aromatic heterocycles. The van der Waals surface area contributed by atoms with Gasteiger partial charge in [-0.1, -0.05) is 100 Å². The van der Waals surface area contributed by atoms with Crippen LogP contribution in [-0.4, -0.2) is 6.61 Å². The molecule has 0 radical (unpaired) electrons. The van der Waals surface area contributed by atoms with Gasteiger partial charge in [0.1, 0.15) is 11.5 Å². The van der Waals surface area contributed by atoms with Gasteiger partial charge >= 0.3 is 8.60 Å². The smallest absolute Gasteiger partial charge is 0.417 e. The fraction of sp³-hybridized carbons (Fsp3) is 0.613. The minimum atomic E-state index is -1.60. The van der Waals surface area contributed by atoms with Crippen LogP contribution in [-0.2, 0) is 32.6 Å². The monoisotopic (exact) mass is 498 g/mol. The van der Waals surface area contributed by atoms with Crippen molar-refractivity contribution in [3.8, 4) is 11.5 Å². The standard InChI is InChI=1S/C31H47O3P/c1-14-32-35-33-26-20(2)15-22(28(3,4)5)18-25(26)31(12,13)19-21-16-23(29(6,7)8)17-24(27(21)34-35)30(9,10)11/h15-18H,14,19H2,1-13H3. The highest BCUT2D eigenvalue weighted by Gasteiger charge is 2.37. The molecule has 3 nitrogen and oxygen atoms in total. The van der Waals surface area contributed by atoms with Gasteiger partial charge in [-0.25, -0.2) is 0 Å². The van der Waals surface area contributed by atoms with Crippen molar-refractivity contribution in [2.75, 3.05) is 6.61 Å². The zero-order chi connectivity index (χ0) is 26.6. The Morgan fingerprint density at radius 1 is 0.800 bits per heavy atom. The number of aryl methyl sites for hydroxylation is 1. The molecule has 0 saturated carbocycles. The van der Waals surface area contributed by atoms with Crippen molar-refractivity contribution in [2.24, 2.45) is 0 Å². The van der Waals surface area contributed by atoms with Crippen LogP contribution in [0.2, 0.25) is 0 Å². The average molecular weight is 499 g/mol. The van der Waals surface area contributed by atoms with Gasteiger partial charge in [0.25, 0.3) is 0 Å². The highest BCUT2D eigenvalue weighted by molar-refractivity contribution is 7.42. The maximum Gasteiger partial charge on any atom is 0.463 e. The molecule has 2 aromatic carbocycles. The SMILES string of the molecule is CCOP1Oc2c(cc(C(C)(C)C)cc2C(C)(C)C)CC(C)(C)c2cc(C(C)(C)C)cc(C)c2O1. The second-order valence-corrected chi connectivity index (χ2v) is 14.9. The van der Waals surface area contributed by atoms with E-state index in [1.807, 2.05) is 6.92 Å². The van der Waals surface area contributed by atoms with E-state index in [1.54, 1.807) is 0 Å². The molecule has 1 atom stereocenters. The van der Waals surface area contributed by atoms with Gasteiger partial charge in [-0.15, -0.1) is 0 Å². The normalized spacial score (nSPS) is 18.4. The molecular formula is C31H47O3P. The summed E-state index contributed by atoms with van der Waals surface area (Å²) in [5.41, 5.74) is 7.30. The molecule has 0 amide bonds. The van der Waals surface area contributed by atoms with E-state index in [1.165, 1.54) is 27.8 Å². The molecule has 0 N–H and O–H groups in total. The highest BCUT2D eigenvalue weighted by atomic mass is 31.2. The van der Waals surface area contributed by atoms with Crippen LogP contribution < -0.4 is 9.05 Å². The molecule has 4 heteroatoms. The predicted molar refractivity (Wildman–Crippen MR) is 150 cm³/mol. The molecule has 2 aromatic rings. The van der Waals surface area contributed by atoms with Gasteiger partial charge in [-0.3, -0.25) is 4.52 Å². The molecule has 1 aliphatic heterocycles. The van der Waals surface area contributed by atoms with E-state index >= 15 is 0 Å². The highest BCUT2D eigenvalue weighted by Crippen LogP contribution is 2.53. The van der Waals surface area contributed by atoms with Gasteiger partial charge in [-0.2, -0.15) is 0 Å². The second-order valence-electron chi connectivity index (χ2n) is 13.8. The van der Waals surface area contributed by atoms with Gasteiger partial charge in [-0.05, 0) is 64.2 Å². The number of hydrogen-bond donors (Lipinski definition) is 0. The van der Waals surface area contributed by atoms with Crippen molar-refractivity contribution in [3.63, 3.8) is 0 Å². The average Bonchev–Trinajstić information content (AvgIpc) is 2.71. The van der Waals surface area contributed by atoms with E-state index < -0.39 is 8.60 Å². The first-order chi connectivity index (χ1) is 15.8. The van der Waals surface area contributed by atoms with E-state index in [0.29, 0.717) is 6.61 Å². The fourth-order valence-corrected chi connectivity index (χ4v) is 5.76. The molecular weight excluding hydrogens is 451 g/mol. The molecule has 3 rings (SSSR count). The van der Waals surface area contributed by atoms with Crippen LogP contribution >= 0.6 is 8.60 Å². The maximum absolute atomic E-state index is 6.71. The zero-order valence-electron chi connectivity index (χ0n) is 24.4. The van der Waals surface area contributed by atoms with Crippen LogP contribution in [0.25, 0.3) is 0 Å². The Morgan fingerprint density at radius 3 is 1.86 bits per heavy atom. The summed E-state index contributed by atoms with van der Waals surface area (Å²) in [4.78, 5) is 0. The van der Waals surface area contributed by atoms with Crippen LogP contribution in [0.15, 0.2) is 24.3 Å². The van der Waals surface area contributed by atoms with E-state index in [4.69, 9.17) is 13.6 Å². The number of benzene rings is 2. The second kappa shape index (κ2) is 9.38. The van der Waals surface area contributed by atoms with Gasteiger partial charge in [0.05, 0.1) is 6.61 Å². The van der Waals surface area contributed by atoms with Gasteiger partial charge in [0.15, 0.2) is 0 Å². The number of hydrogen-bond acceptors (Lipinski definition) is 3. The molecule has 0 saturated heterocycles. The Hall–Kier alpha value is -1.57. The third-order valence-electron chi connectivity index (χ3n) is 6.91. The molecule has 1 aliphatic rings. The third kappa shape index (κ3) is 6.05. The molecule has 0 spiro atoms. The van der Waals surface area contributed by atoms with Crippen molar-refractivity contribution in [1.29, 1.82) is 0 Å². The minimum Gasteiger partial charge on any atom is -0.417 e. The lowest BCUT2D eigenvalue weighted by Crippen LogP contribution is -2.24. The van der Waals surface area contributed by atoms with Crippen LogP contribution in [0.4, 0.5) is 0 Å². The molecule has 194 valence electrons. The van der Waals surface area contributed by atoms with E-state index in [0.717, 1.165) is 23.5 Å². The molecule has 0 fully saturated rings. The van der Waals surface area contributed by atoms with Crippen LogP contribution in [0.3, 0.4) is 0 Å². The first-order valence-electron chi connectivity index (χ1n) is 13.0. The van der Waals surface area contributed by atoms with E-state index in [-0.39, 0.29) is 21.7 Å². The minimum absolute atomic E-state index is 0.0344. The Bertz CT molecular complexity index is 1080. The molecule has 0 aliphatic carbocycles. The van der Waals surface area contributed by atoms with Gasteiger partial charge in [0, 0.05) is 11.1 Å². The Labute approximate surface area is 216 Å². The van der Waals surface area contributed by atoms with Crippen molar-refractivity contribution in [1.82, 2.24) is 0 Å². The van der Waals surface area contributed by atoms with Crippen LogP contribution in [0.5, 0.6) is 11.5 Å². The van der Waals surface area contributed by atoms with Gasteiger partial charge in [0.2, 0.25) is 0 Å². The summed E-state index contributed by atoms with van der Waals surface area (Å²) in [5, 5.41) is 0. The first kappa shape index (κ1) is 28.0. The van der Waals surface area contributed by atoms with Crippen LogP contribution in [0.1, 0.15) is 116 Å². The number of rotatable bonds is 2. The summed E-state index contributed by atoms with van der Waals surface area (Å²) in [6.07, 6.45) is 0.855. The summed E-state index contributed by atoms with van der Waals surface area (Å²) in [7, 11) is -1.60. The largest absolute Gasteiger partial charge is 0.463 e. The van der Waals surface area contributed by atoms with E-state index in [9.17, 15) is 0 Å². The van der Waals surface area contributed by atoms with Crippen molar-refractivity contribution >= 4 is 8.60 Å². The van der Waals surface area contributed by atoms with Gasteiger partial charge < -0.3 is 9.05 Å². The first-order valence-corrected chi connectivity index (χ1v) is 14.1. The zero-order valence-corrected chi connectivity index (χ0v) is 25.3. The van der Waals surface area contributed by atoms with Crippen LogP contribution in [0, 0.1) is 6.92 Å². The molecule has 0 bridgehead atoms. The molecule has 35 heavy (non-hydrogen) atoms. The summed E-state index contributed by atoms with van der Waals surface area (Å²) >= 11 is 0. The topological polar surface area (TPSA) is 27.7 Å². The van der Waals surface area contributed by atoms with Crippen molar-refractivity contribution in [2.45, 2.75) is 118 Å².